The third-order valence-corrected chi connectivity index (χ3v) is 7.40. The van der Waals surface area contributed by atoms with Crippen LogP contribution in [0.3, 0.4) is 0 Å². The lowest BCUT2D eigenvalue weighted by Crippen LogP contribution is -2.46. The van der Waals surface area contributed by atoms with Gasteiger partial charge in [0.15, 0.2) is 0 Å². The fraction of sp³-hybridized carbons (Fsp3) is 0.833. The Kier molecular flexibility index (Phi) is 24.3. The van der Waals surface area contributed by atoms with Gasteiger partial charge in [0.05, 0.1) is 17.9 Å². The maximum absolute atomic E-state index is 12.3. The van der Waals surface area contributed by atoms with Crippen LogP contribution in [0.15, 0.2) is 24.3 Å². The van der Waals surface area contributed by atoms with Crippen molar-refractivity contribution in [2.24, 2.45) is 0 Å². The maximum atomic E-state index is 12.3. The molecule has 0 aliphatic carbocycles. The van der Waals surface area contributed by atoms with E-state index in [2.05, 4.69) is 31.3 Å². The zero-order valence-electron chi connectivity index (χ0n) is 23.8. The molecule has 0 saturated heterocycles. The van der Waals surface area contributed by atoms with Crippen molar-refractivity contribution >= 4 is 16.0 Å². The number of carbonyl (C=O) groups is 1. The van der Waals surface area contributed by atoms with E-state index in [4.69, 9.17) is 0 Å². The SMILES string of the molecule is CCCCC/C=C\CCCCCCCC(=O)NC(CS(=O)(=O)O)C(O)/C=C/CCCCCCCCCC. The molecule has 37 heavy (non-hydrogen) atoms. The lowest BCUT2D eigenvalue weighted by atomic mass is 10.1. The van der Waals surface area contributed by atoms with Crippen molar-refractivity contribution < 1.29 is 22.9 Å². The molecular formula is C30H57NO5S. The van der Waals surface area contributed by atoms with E-state index in [0.717, 1.165) is 57.8 Å². The van der Waals surface area contributed by atoms with Crippen molar-refractivity contribution in [2.75, 3.05) is 5.75 Å². The van der Waals surface area contributed by atoms with Gasteiger partial charge in [-0.05, 0) is 44.9 Å². The highest BCUT2D eigenvalue weighted by Crippen LogP contribution is 2.11. The second kappa shape index (κ2) is 25.1. The average Bonchev–Trinajstić information content (AvgIpc) is 2.84. The lowest BCUT2D eigenvalue weighted by molar-refractivity contribution is -0.122. The normalized spacial score (nSPS) is 13.9. The largest absolute Gasteiger partial charge is 0.387 e. The molecule has 0 saturated carbocycles. The van der Waals surface area contributed by atoms with Crippen LogP contribution in [0.5, 0.6) is 0 Å². The highest BCUT2D eigenvalue weighted by atomic mass is 32.2. The zero-order chi connectivity index (χ0) is 27.6. The molecule has 218 valence electrons. The summed E-state index contributed by atoms with van der Waals surface area (Å²) in [6, 6.07) is -1.05. The molecule has 0 aromatic carbocycles. The molecule has 0 radical (unpaired) electrons. The third-order valence-electron chi connectivity index (χ3n) is 6.62. The van der Waals surface area contributed by atoms with Crippen LogP contribution in [0, 0.1) is 0 Å². The number of allylic oxidation sites excluding steroid dienone is 3. The lowest BCUT2D eigenvalue weighted by Gasteiger charge is -2.21. The Labute approximate surface area is 228 Å². The molecule has 0 rings (SSSR count). The van der Waals surface area contributed by atoms with Gasteiger partial charge in [-0.15, -0.1) is 0 Å². The van der Waals surface area contributed by atoms with Crippen LogP contribution in [-0.2, 0) is 14.9 Å². The van der Waals surface area contributed by atoms with Gasteiger partial charge in [0.2, 0.25) is 5.91 Å². The minimum atomic E-state index is -4.33. The summed E-state index contributed by atoms with van der Waals surface area (Å²) < 4.78 is 32.1. The Morgan fingerprint density at radius 3 is 1.68 bits per heavy atom. The number of aliphatic hydroxyl groups excluding tert-OH is 1. The summed E-state index contributed by atoms with van der Waals surface area (Å²) in [5, 5.41) is 13.0. The first-order valence-electron chi connectivity index (χ1n) is 15.0. The Balaban J connectivity index is 4.13. The van der Waals surface area contributed by atoms with Gasteiger partial charge in [-0.3, -0.25) is 9.35 Å². The Hall–Kier alpha value is -1.18. The van der Waals surface area contributed by atoms with E-state index in [0.29, 0.717) is 0 Å². The van der Waals surface area contributed by atoms with Gasteiger partial charge in [-0.2, -0.15) is 8.42 Å². The zero-order valence-corrected chi connectivity index (χ0v) is 24.7. The van der Waals surface area contributed by atoms with Crippen molar-refractivity contribution in [2.45, 2.75) is 154 Å². The second-order valence-corrected chi connectivity index (χ2v) is 11.9. The van der Waals surface area contributed by atoms with Gasteiger partial charge in [0, 0.05) is 6.42 Å². The topological polar surface area (TPSA) is 104 Å². The summed E-state index contributed by atoms with van der Waals surface area (Å²) in [5.41, 5.74) is 0. The molecule has 0 fully saturated rings. The van der Waals surface area contributed by atoms with E-state index in [1.165, 1.54) is 70.3 Å². The number of rotatable bonds is 26. The first-order valence-corrected chi connectivity index (χ1v) is 16.6. The second-order valence-electron chi connectivity index (χ2n) is 10.4. The smallest absolute Gasteiger partial charge is 0.267 e. The van der Waals surface area contributed by atoms with E-state index in [1.807, 2.05) is 6.08 Å². The number of hydrogen-bond donors (Lipinski definition) is 3. The van der Waals surface area contributed by atoms with E-state index >= 15 is 0 Å². The number of hydrogen-bond acceptors (Lipinski definition) is 4. The number of nitrogens with one attached hydrogen (secondary N) is 1. The summed E-state index contributed by atoms with van der Waals surface area (Å²) in [6.07, 6.45) is 28.7. The van der Waals surface area contributed by atoms with Gasteiger partial charge in [-0.1, -0.05) is 115 Å². The van der Waals surface area contributed by atoms with Crippen molar-refractivity contribution in [1.29, 1.82) is 0 Å². The molecule has 1 amide bonds. The molecule has 0 heterocycles. The van der Waals surface area contributed by atoms with Crippen molar-refractivity contribution in [1.82, 2.24) is 5.32 Å². The number of amides is 1. The van der Waals surface area contributed by atoms with E-state index in [9.17, 15) is 22.9 Å². The molecule has 0 aromatic rings. The maximum Gasteiger partial charge on any atom is 0.267 e. The molecule has 3 N–H and O–H groups in total. The van der Waals surface area contributed by atoms with Crippen molar-refractivity contribution in [3.8, 4) is 0 Å². The Bertz CT molecular complexity index is 690. The highest BCUT2D eigenvalue weighted by Gasteiger charge is 2.24. The summed E-state index contributed by atoms with van der Waals surface area (Å²) in [5.74, 6) is -0.993. The highest BCUT2D eigenvalue weighted by molar-refractivity contribution is 7.85. The van der Waals surface area contributed by atoms with Crippen molar-refractivity contribution in [3.05, 3.63) is 24.3 Å². The first-order chi connectivity index (χ1) is 17.8. The van der Waals surface area contributed by atoms with Crippen LogP contribution in [0.25, 0.3) is 0 Å². The van der Waals surface area contributed by atoms with Crippen LogP contribution >= 0.6 is 0 Å². The molecule has 7 heteroatoms. The third kappa shape index (κ3) is 26.2. The standard InChI is InChI=1S/C30H57NO5S/c1-3-5-7-9-11-13-15-16-18-20-22-24-26-30(33)31-28(27-37(34,35)36)29(32)25-23-21-19-17-14-12-10-8-6-4-2/h11,13,23,25,28-29,32H,3-10,12,14-22,24,26-27H2,1-2H3,(H,31,33)(H,34,35,36)/b13-11-,25-23+. The number of carbonyl (C=O) groups excluding carboxylic acids is 1. The fourth-order valence-corrected chi connectivity index (χ4v) is 5.06. The molecule has 2 atom stereocenters. The van der Waals surface area contributed by atoms with Gasteiger partial charge in [0.1, 0.15) is 0 Å². The number of aliphatic hydroxyl groups is 1. The van der Waals surface area contributed by atoms with Crippen LogP contribution < -0.4 is 5.32 Å². The minimum Gasteiger partial charge on any atom is -0.387 e. The Morgan fingerprint density at radius 2 is 1.14 bits per heavy atom. The number of unbranched alkanes of at least 4 members (excludes halogenated alkanes) is 16. The van der Waals surface area contributed by atoms with Crippen molar-refractivity contribution in [3.63, 3.8) is 0 Å². The monoisotopic (exact) mass is 543 g/mol. The molecule has 0 aliphatic rings. The van der Waals surface area contributed by atoms with Gasteiger partial charge in [0.25, 0.3) is 10.1 Å². The van der Waals surface area contributed by atoms with Crippen LogP contribution in [-0.4, -0.2) is 41.9 Å². The first kappa shape index (κ1) is 35.8. The summed E-state index contributed by atoms with van der Waals surface area (Å²) in [7, 11) is -4.33. The predicted octanol–water partition coefficient (Wildman–Crippen LogP) is 7.67. The molecule has 0 bridgehead atoms. The fourth-order valence-electron chi connectivity index (χ4n) is 4.32. The molecule has 0 aromatic heterocycles. The van der Waals surface area contributed by atoms with E-state index in [-0.39, 0.29) is 12.3 Å². The molecule has 6 nitrogen and oxygen atoms in total. The molecule has 0 aliphatic heterocycles. The summed E-state index contributed by atoms with van der Waals surface area (Å²) >= 11 is 0. The van der Waals surface area contributed by atoms with Gasteiger partial charge in [-0.25, -0.2) is 0 Å². The van der Waals surface area contributed by atoms with E-state index < -0.39 is 28.0 Å². The Morgan fingerprint density at radius 1 is 0.703 bits per heavy atom. The van der Waals surface area contributed by atoms with Gasteiger partial charge >= 0.3 is 0 Å². The van der Waals surface area contributed by atoms with Crippen LogP contribution in [0.1, 0.15) is 142 Å². The average molecular weight is 544 g/mol. The molecule has 0 spiro atoms. The summed E-state index contributed by atoms with van der Waals surface area (Å²) in [6.45, 7) is 4.43. The molecular weight excluding hydrogens is 486 g/mol. The predicted molar refractivity (Wildman–Crippen MR) is 156 cm³/mol. The van der Waals surface area contributed by atoms with Crippen LogP contribution in [0.4, 0.5) is 0 Å². The minimum absolute atomic E-state index is 0.286. The van der Waals surface area contributed by atoms with Gasteiger partial charge < -0.3 is 10.4 Å². The summed E-state index contributed by atoms with van der Waals surface area (Å²) in [4.78, 5) is 12.3. The van der Waals surface area contributed by atoms with Crippen LogP contribution in [0.2, 0.25) is 0 Å². The van der Waals surface area contributed by atoms with E-state index in [1.54, 1.807) is 0 Å². The quantitative estimate of drug-likeness (QED) is 0.0590. The molecule has 2 unspecified atom stereocenters.